The molecule has 82 valence electrons. The van der Waals surface area contributed by atoms with Crippen LogP contribution in [0.1, 0.15) is 10.4 Å². The summed E-state index contributed by atoms with van der Waals surface area (Å²) in [5.74, 6) is -1.69. The van der Waals surface area contributed by atoms with Gasteiger partial charge in [-0.05, 0) is 12.1 Å². The lowest BCUT2D eigenvalue weighted by Crippen LogP contribution is -2.21. The highest BCUT2D eigenvalue weighted by molar-refractivity contribution is 7.80. The molecule has 0 radical (unpaired) electrons. The van der Waals surface area contributed by atoms with Crippen LogP contribution >= 0.6 is 12.6 Å². The molecule has 0 fully saturated rings. The van der Waals surface area contributed by atoms with E-state index in [0.29, 0.717) is 0 Å². The van der Waals surface area contributed by atoms with E-state index in [-0.39, 0.29) is 10.5 Å². The van der Waals surface area contributed by atoms with Gasteiger partial charge in [-0.2, -0.15) is 0 Å². The van der Waals surface area contributed by atoms with Crippen LogP contribution in [0.4, 0.5) is 13.2 Å². The van der Waals surface area contributed by atoms with E-state index in [4.69, 9.17) is 5.73 Å². The van der Waals surface area contributed by atoms with E-state index in [1.54, 1.807) is 0 Å². The highest BCUT2D eigenvalue weighted by Crippen LogP contribution is 2.31. The van der Waals surface area contributed by atoms with Crippen LogP contribution in [-0.2, 0) is 0 Å². The number of thiol groups is 1. The molecule has 0 saturated carbocycles. The molecule has 0 aliphatic rings. The minimum atomic E-state index is -4.89. The maximum absolute atomic E-state index is 12.0. The third-order valence-electron chi connectivity index (χ3n) is 1.48. The number of halogens is 3. The summed E-state index contributed by atoms with van der Waals surface area (Å²) in [4.78, 5) is 10.7. The zero-order chi connectivity index (χ0) is 11.6. The first-order chi connectivity index (χ1) is 6.81. The van der Waals surface area contributed by atoms with Crippen molar-refractivity contribution in [2.24, 2.45) is 5.73 Å². The summed E-state index contributed by atoms with van der Waals surface area (Å²) in [6.07, 6.45) is -4.89. The van der Waals surface area contributed by atoms with Crippen LogP contribution < -0.4 is 10.5 Å². The molecule has 0 unspecified atom stereocenters. The second kappa shape index (κ2) is 4.01. The number of primary amides is 1. The summed E-state index contributed by atoms with van der Waals surface area (Å²) in [6, 6.07) is 3.74. The molecule has 1 aromatic carbocycles. The number of carbonyl (C=O) groups excluding carboxylic acids is 1. The number of para-hydroxylation sites is 1. The molecule has 0 aliphatic heterocycles. The molecule has 0 bridgehead atoms. The van der Waals surface area contributed by atoms with Gasteiger partial charge in [-0.15, -0.1) is 25.8 Å². The maximum Gasteiger partial charge on any atom is 0.573 e. The number of benzene rings is 1. The summed E-state index contributed by atoms with van der Waals surface area (Å²) in [7, 11) is 0. The molecular formula is C8H6F3NO2S. The Balaban J connectivity index is 3.19. The van der Waals surface area contributed by atoms with Gasteiger partial charge in [0.25, 0.3) is 5.91 Å². The zero-order valence-electron chi connectivity index (χ0n) is 7.21. The molecule has 0 heterocycles. The molecule has 0 aliphatic carbocycles. The fourth-order valence-electron chi connectivity index (χ4n) is 0.942. The molecule has 1 amide bonds. The summed E-state index contributed by atoms with van der Waals surface area (Å²) in [5, 5.41) is 0. The Morgan fingerprint density at radius 3 is 2.47 bits per heavy atom. The Morgan fingerprint density at radius 2 is 2.00 bits per heavy atom. The van der Waals surface area contributed by atoms with Crippen molar-refractivity contribution in [1.82, 2.24) is 0 Å². The highest BCUT2D eigenvalue weighted by Gasteiger charge is 2.33. The van der Waals surface area contributed by atoms with Gasteiger partial charge < -0.3 is 10.5 Å². The number of amides is 1. The lowest BCUT2D eigenvalue weighted by Gasteiger charge is -2.13. The molecule has 2 N–H and O–H groups in total. The number of nitrogens with two attached hydrogens (primary N) is 1. The third-order valence-corrected chi connectivity index (χ3v) is 1.83. The van der Waals surface area contributed by atoms with Crippen LogP contribution in [0, 0.1) is 0 Å². The van der Waals surface area contributed by atoms with Crippen LogP contribution in [0.2, 0.25) is 0 Å². The van der Waals surface area contributed by atoms with Gasteiger partial charge in [0, 0.05) is 4.90 Å². The summed E-state index contributed by atoms with van der Waals surface area (Å²) in [5.41, 5.74) is 4.52. The molecular weight excluding hydrogens is 231 g/mol. The van der Waals surface area contributed by atoms with E-state index in [1.165, 1.54) is 12.1 Å². The Kier molecular flexibility index (Phi) is 3.13. The quantitative estimate of drug-likeness (QED) is 0.772. The van der Waals surface area contributed by atoms with E-state index >= 15 is 0 Å². The monoisotopic (exact) mass is 237 g/mol. The van der Waals surface area contributed by atoms with Gasteiger partial charge in [0.15, 0.2) is 5.75 Å². The highest BCUT2D eigenvalue weighted by atomic mass is 32.1. The summed E-state index contributed by atoms with van der Waals surface area (Å²) < 4.78 is 39.5. The van der Waals surface area contributed by atoms with Gasteiger partial charge in [-0.3, -0.25) is 4.79 Å². The molecule has 0 spiro atoms. The predicted octanol–water partition coefficient (Wildman–Crippen LogP) is 1.97. The SMILES string of the molecule is NC(=O)c1cccc(S)c1OC(F)(F)F. The fraction of sp³-hybridized carbons (Fsp3) is 0.125. The Hall–Kier alpha value is -1.37. The molecule has 3 nitrogen and oxygen atoms in total. The second-order valence-electron chi connectivity index (χ2n) is 2.57. The van der Waals surface area contributed by atoms with Crippen molar-refractivity contribution >= 4 is 18.5 Å². The molecule has 1 rings (SSSR count). The molecule has 0 aromatic heterocycles. The van der Waals surface area contributed by atoms with Crippen LogP contribution in [0.5, 0.6) is 5.75 Å². The normalized spacial score (nSPS) is 11.2. The molecule has 0 atom stereocenters. The van der Waals surface area contributed by atoms with E-state index in [9.17, 15) is 18.0 Å². The topological polar surface area (TPSA) is 52.3 Å². The number of rotatable bonds is 2. The number of carbonyl (C=O) groups is 1. The number of alkyl halides is 3. The Labute approximate surface area is 88.4 Å². The second-order valence-corrected chi connectivity index (χ2v) is 3.05. The maximum atomic E-state index is 12.0. The summed E-state index contributed by atoms with van der Waals surface area (Å²) >= 11 is 3.74. The number of hydrogen-bond acceptors (Lipinski definition) is 3. The average Bonchev–Trinajstić information content (AvgIpc) is 2.05. The third kappa shape index (κ3) is 3.05. The smallest absolute Gasteiger partial charge is 0.404 e. The van der Waals surface area contributed by atoms with Crippen molar-refractivity contribution in [2.75, 3.05) is 0 Å². The lowest BCUT2D eigenvalue weighted by atomic mass is 10.2. The molecule has 1 aromatic rings. The number of hydrogen-bond donors (Lipinski definition) is 2. The first-order valence-electron chi connectivity index (χ1n) is 3.69. The van der Waals surface area contributed by atoms with Gasteiger partial charge in [-0.1, -0.05) is 6.07 Å². The minimum absolute atomic E-state index is 0.108. The van der Waals surface area contributed by atoms with Crippen molar-refractivity contribution < 1.29 is 22.7 Å². The summed E-state index contributed by atoms with van der Waals surface area (Å²) in [6.45, 7) is 0. The number of ether oxygens (including phenoxy) is 1. The first kappa shape index (κ1) is 11.7. The van der Waals surface area contributed by atoms with E-state index < -0.39 is 18.0 Å². The lowest BCUT2D eigenvalue weighted by molar-refractivity contribution is -0.275. The molecule has 15 heavy (non-hydrogen) atoms. The van der Waals surface area contributed by atoms with Crippen molar-refractivity contribution in [1.29, 1.82) is 0 Å². The fourth-order valence-corrected chi connectivity index (χ4v) is 1.19. The zero-order valence-corrected chi connectivity index (χ0v) is 8.10. The van der Waals surface area contributed by atoms with Crippen molar-refractivity contribution in [3.05, 3.63) is 23.8 Å². The van der Waals surface area contributed by atoms with Crippen LogP contribution in [0.3, 0.4) is 0 Å². The average molecular weight is 237 g/mol. The van der Waals surface area contributed by atoms with E-state index in [0.717, 1.165) is 6.07 Å². The molecule has 7 heteroatoms. The molecule has 0 saturated heterocycles. The van der Waals surface area contributed by atoms with E-state index in [1.807, 2.05) is 0 Å². The van der Waals surface area contributed by atoms with Gasteiger partial charge in [-0.25, -0.2) is 0 Å². The first-order valence-corrected chi connectivity index (χ1v) is 4.13. The Bertz CT molecular complexity index is 392. The van der Waals surface area contributed by atoms with Crippen LogP contribution in [-0.4, -0.2) is 12.3 Å². The minimum Gasteiger partial charge on any atom is -0.404 e. The standard InChI is InChI=1S/C8H6F3NO2S/c9-8(10,11)14-6-4(7(12)13)2-1-3-5(6)15/h1-3,15H,(H2,12,13). The van der Waals surface area contributed by atoms with Gasteiger partial charge >= 0.3 is 6.36 Å². The Morgan fingerprint density at radius 1 is 1.40 bits per heavy atom. The largest absolute Gasteiger partial charge is 0.573 e. The van der Waals surface area contributed by atoms with Crippen molar-refractivity contribution in [2.45, 2.75) is 11.3 Å². The predicted molar refractivity (Wildman–Crippen MR) is 48.9 cm³/mol. The van der Waals surface area contributed by atoms with Crippen LogP contribution in [0.25, 0.3) is 0 Å². The van der Waals surface area contributed by atoms with E-state index in [2.05, 4.69) is 17.4 Å². The van der Waals surface area contributed by atoms with Crippen LogP contribution in [0.15, 0.2) is 23.1 Å². The van der Waals surface area contributed by atoms with Crippen molar-refractivity contribution in [3.8, 4) is 5.75 Å². The van der Waals surface area contributed by atoms with Gasteiger partial charge in [0.1, 0.15) is 0 Å². The van der Waals surface area contributed by atoms with Gasteiger partial charge in [0.05, 0.1) is 5.56 Å². The van der Waals surface area contributed by atoms with Crippen molar-refractivity contribution in [3.63, 3.8) is 0 Å². The van der Waals surface area contributed by atoms with Gasteiger partial charge in [0.2, 0.25) is 0 Å².